The molecule has 2 aromatic rings. The van der Waals surface area contributed by atoms with Crippen molar-refractivity contribution in [1.82, 2.24) is 14.5 Å². The molecule has 1 N–H and O–H groups in total. The third-order valence-corrected chi connectivity index (χ3v) is 6.66. The summed E-state index contributed by atoms with van der Waals surface area (Å²) in [5, 5.41) is 3.40. The normalized spacial score (nSPS) is 16.2. The fraction of sp³-hybridized carbons (Fsp3) is 0.316. The summed E-state index contributed by atoms with van der Waals surface area (Å²) in [6.45, 7) is 3.33. The molecule has 0 bridgehead atoms. The monoisotopic (exact) mass is 407 g/mol. The SMILES string of the molecule is O=C(NCCN1CCN(S(=O)(=O)c2ccccc2)CC1)c1cccc(Cl)c1. The molecular weight excluding hydrogens is 386 g/mol. The lowest BCUT2D eigenvalue weighted by Gasteiger charge is -2.33. The van der Waals surface area contributed by atoms with Crippen molar-refractivity contribution in [2.45, 2.75) is 4.90 Å². The molecule has 1 saturated heterocycles. The number of amides is 1. The smallest absolute Gasteiger partial charge is 0.251 e. The largest absolute Gasteiger partial charge is 0.351 e. The Bertz CT molecular complexity index is 882. The molecule has 0 radical (unpaired) electrons. The number of carbonyl (C=O) groups is 1. The maximum absolute atomic E-state index is 12.6. The van der Waals surface area contributed by atoms with Gasteiger partial charge in [0.25, 0.3) is 5.91 Å². The number of benzene rings is 2. The third kappa shape index (κ3) is 5.07. The van der Waals surface area contributed by atoms with E-state index in [9.17, 15) is 13.2 Å². The van der Waals surface area contributed by atoms with Crippen LogP contribution in [0.5, 0.6) is 0 Å². The van der Waals surface area contributed by atoms with Crippen molar-refractivity contribution in [3.8, 4) is 0 Å². The number of carbonyl (C=O) groups excluding carboxylic acids is 1. The van der Waals surface area contributed by atoms with E-state index in [4.69, 9.17) is 11.6 Å². The molecule has 2 aromatic carbocycles. The number of nitrogens with one attached hydrogen (secondary N) is 1. The lowest BCUT2D eigenvalue weighted by molar-refractivity contribution is 0.0945. The van der Waals surface area contributed by atoms with Crippen LogP contribution in [0.15, 0.2) is 59.5 Å². The summed E-state index contributed by atoms with van der Waals surface area (Å²) in [4.78, 5) is 14.6. The Morgan fingerprint density at radius 1 is 1.00 bits per heavy atom. The molecule has 0 spiro atoms. The Balaban J connectivity index is 1.45. The molecule has 1 amide bonds. The Kier molecular flexibility index (Phi) is 6.49. The van der Waals surface area contributed by atoms with Gasteiger partial charge in [-0.15, -0.1) is 0 Å². The van der Waals surface area contributed by atoms with Gasteiger partial charge in [-0.05, 0) is 30.3 Å². The fourth-order valence-corrected chi connectivity index (χ4v) is 4.63. The lowest BCUT2D eigenvalue weighted by atomic mass is 10.2. The molecular formula is C19H22ClN3O3S. The van der Waals surface area contributed by atoms with E-state index < -0.39 is 10.0 Å². The maximum Gasteiger partial charge on any atom is 0.251 e. The Morgan fingerprint density at radius 2 is 1.70 bits per heavy atom. The van der Waals surface area contributed by atoms with Gasteiger partial charge in [0.2, 0.25) is 10.0 Å². The van der Waals surface area contributed by atoms with E-state index in [1.54, 1.807) is 54.6 Å². The highest BCUT2D eigenvalue weighted by Crippen LogP contribution is 2.17. The van der Waals surface area contributed by atoms with Gasteiger partial charge in [0.1, 0.15) is 0 Å². The van der Waals surface area contributed by atoms with E-state index in [1.165, 1.54) is 4.31 Å². The van der Waals surface area contributed by atoms with Gasteiger partial charge >= 0.3 is 0 Å². The minimum atomic E-state index is -3.44. The summed E-state index contributed by atoms with van der Waals surface area (Å²) in [5.74, 6) is -0.164. The molecule has 3 rings (SSSR count). The summed E-state index contributed by atoms with van der Waals surface area (Å²) in [6.07, 6.45) is 0. The summed E-state index contributed by atoms with van der Waals surface area (Å²) in [5.41, 5.74) is 0.529. The molecule has 1 heterocycles. The summed E-state index contributed by atoms with van der Waals surface area (Å²) in [7, 11) is -3.44. The summed E-state index contributed by atoms with van der Waals surface area (Å²) < 4.78 is 26.8. The van der Waals surface area contributed by atoms with Crippen LogP contribution in [0.1, 0.15) is 10.4 Å². The second-order valence-electron chi connectivity index (χ2n) is 6.33. The fourth-order valence-electron chi connectivity index (χ4n) is 2.99. The topological polar surface area (TPSA) is 69.7 Å². The van der Waals surface area contributed by atoms with Gasteiger partial charge in [-0.1, -0.05) is 35.9 Å². The molecule has 144 valence electrons. The summed E-state index contributed by atoms with van der Waals surface area (Å²) >= 11 is 5.90. The lowest BCUT2D eigenvalue weighted by Crippen LogP contribution is -2.50. The highest BCUT2D eigenvalue weighted by atomic mass is 35.5. The van der Waals surface area contributed by atoms with Crippen LogP contribution in [0.3, 0.4) is 0 Å². The number of halogens is 1. The van der Waals surface area contributed by atoms with Crippen LogP contribution >= 0.6 is 11.6 Å². The average Bonchev–Trinajstić information content (AvgIpc) is 2.69. The van der Waals surface area contributed by atoms with E-state index >= 15 is 0 Å². The van der Waals surface area contributed by atoms with E-state index in [0.29, 0.717) is 54.8 Å². The van der Waals surface area contributed by atoms with E-state index in [1.807, 2.05) is 0 Å². The zero-order valence-electron chi connectivity index (χ0n) is 14.8. The minimum absolute atomic E-state index is 0.164. The molecule has 27 heavy (non-hydrogen) atoms. The van der Waals surface area contributed by atoms with Gasteiger partial charge in [0.05, 0.1) is 4.90 Å². The van der Waals surface area contributed by atoms with Gasteiger partial charge in [-0.25, -0.2) is 8.42 Å². The van der Waals surface area contributed by atoms with Crippen LogP contribution in [0, 0.1) is 0 Å². The number of rotatable bonds is 6. The van der Waals surface area contributed by atoms with E-state index in [-0.39, 0.29) is 5.91 Å². The molecule has 0 aliphatic carbocycles. The van der Waals surface area contributed by atoms with Crippen LogP contribution in [0.25, 0.3) is 0 Å². The zero-order chi connectivity index (χ0) is 19.3. The van der Waals surface area contributed by atoms with Crippen molar-refractivity contribution < 1.29 is 13.2 Å². The molecule has 6 nitrogen and oxygen atoms in total. The molecule has 1 aliphatic heterocycles. The Morgan fingerprint density at radius 3 is 2.37 bits per heavy atom. The van der Waals surface area contributed by atoms with Gasteiger partial charge in [-0.3, -0.25) is 9.69 Å². The first kappa shape index (κ1) is 19.8. The molecule has 1 fully saturated rings. The molecule has 0 unspecified atom stereocenters. The van der Waals surface area contributed by atoms with Crippen molar-refractivity contribution >= 4 is 27.5 Å². The average molecular weight is 408 g/mol. The predicted molar refractivity (Wildman–Crippen MR) is 105 cm³/mol. The van der Waals surface area contributed by atoms with Gasteiger partial charge in [0, 0.05) is 49.9 Å². The number of sulfonamides is 1. The standard InChI is InChI=1S/C19H22ClN3O3S/c20-17-6-4-5-16(15-17)19(24)21-9-10-22-11-13-23(14-12-22)27(25,26)18-7-2-1-3-8-18/h1-8,15H,9-14H2,(H,21,24). The van der Waals surface area contributed by atoms with Crippen LogP contribution < -0.4 is 5.32 Å². The minimum Gasteiger partial charge on any atom is -0.351 e. The number of nitrogens with zero attached hydrogens (tertiary/aromatic N) is 2. The zero-order valence-corrected chi connectivity index (χ0v) is 16.4. The van der Waals surface area contributed by atoms with Crippen molar-refractivity contribution in [3.05, 3.63) is 65.2 Å². The number of hydrogen-bond donors (Lipinski definition) is 1. The second-order valence-corrected chi connectivity index (χ2v) is 8.70. The van der Waals surface area contributed by atoms with Crippen molar-refractivity contribution in [2.75, 3.05) is 39.3 Å². The first-order valence-corrected chi connectivity index (χ1v) is 10.6. The number of hydrogen-bond acceptors (Lipinski definition) is 4. The van der Waals surface area contributed by atoms with Crippen LogP contribution in [0.4, 0.5) is 0 Å². The highest BCUT2D eigenvalue weighted by Gasteiger charge is 2.28. The highest BCUT2D eigenvalue weighted by molar-refractivity contribution is 7.89. The predicted octanol–water partition coefficient (Wildman–Crippen LogP) is 2.08. The maximum atomic E-state index is 12.6. The van der Waals surface area contributed by atoms with Crippen LogP contribution in [0.2, 0.25) is 5.02 Å². The van der Waals surface area contributed by atoms with Gasteiger partial charge in [0.15, 0.2) is 0 Å². The number of piperazine rings is 1. The van der Waals surface area contributed by atoms with Crippen molar-refractivity contribution in [2.24, 2.45) is 0 Å². The molecule has 0 aromatic heterocycles. The first-order chi connectivity index (χ1) is 13.0. The van der Waals surface area contributed by atoms with Gasteiger partial charge in [-0.2, -0.15) is 4.31 Å². The molecule has 1 aliphatic rings. The summed E-state index contributed by atoms with van der Waals surface area (Å²) in [6, 6.07) is 15.3. The van der Waals surface area contributed by atoms with E-state index in [2.05, 4.69) is 10.2 Å². The second kappa shape index (κ2) is 8.84. The Hall–Kier alpha value is -1.93. The van der Waals surface area contributed by atoms with Gasteiger partial charge < -0.3 is 5.32 Å². The Labute approximate surface area is 164 Å². The molecule has 0 saturated carbocycles. The van der Waals surface area contributed by atoms with Crippen LogP contribution in [-0.4, -0.2) is 62.8 Å². The first-order valence-electron chi connectivity index (χ1n) is 8.78. The molecule has 8 heteroatoms. The third-order valence-electron chi connectivity index (χ3n) is 4.51. The van der Waals surface area contributed by atoms with Crippen LogP contribution in [-0.2, 0) is 10.0 Å². The quantitative estimate of drug-likeness (QED) is 0.795. The van der Waals surface area contributed by atoms with Crippen molar-refractivity contribution in [1.29, 1.82) is 0 Å². The van der Waals surface area contributed by atoms with E-state index in [0.717, 1.165) is 0 Å². The van der Waals surface area contributed by atoms with Crippen molar-refractivity contribution in [3.63, 3.8) is 0 Å². The molecule has 0 atom stereocenters.